The molecule has 0 amide bonds. The molecule has 0 aliphatic heterocycles. The number of rotatable bonds is 37. The first-order chi connectivity index (χ1) is 23.7. The fourth-order valence-electron chi connectivity index (χ4n) is 6.22. The van der Waals surface area contributed by atoms with Gasteiger partial charge in [-0.1, -0.05) is 189 Å². The Morgan fingerprint density at radius 3 is 1.00 bits per heavy atom. The van der Waals surface area contributed by atoms with E-state index >= 15 is 0 Å². The zero-order valence-corrected chi connectivity index (χ0v) is 33.3. The Labute approximate surface area is 304 Å². The molecular weight excluding hydrogens is 612 g/mol. The van der Waals surface area contributed by atoms with Gasteiger partial charge in [-0.15, -0.1) is 0 Å². The smallest absolute Gasteiger partial charge is 0.306 e. The number of esters is 3. The fraction of sp³-hybridized carbons (Fsp3) is 0.930. The van der Waals surface area contributed by atoms with E-state index in [2.05, 4.69) is 34.6 Å². The van der Waals surface area contributed by atoms with Crippen LogP contribution in [0.3, 0.4) is 0 Å². The minimum atomic E-state index is -0.759. The number of ether oxygens (including phenoxy) is 3. The van der Waals surface area contributed by atoms with Crippen LogP contribution in [0.5, 0.6) is 0 Å². The predicted molar refractivity (Wildman–Crippen MR) is 206 cm³/mol. The quantitative estimate of drug-likeness (QED) is 0.0366. The lowest BCUT2D eigenvalue weighted by molar-refractivity contribution is -0.167. The van der Waals surface area contributed by atoms with Crippen molar-refractivity contribution in [2.24, 2.45) is 11.8 Å². The van der Waals surface area contributed by atoms with Gasteiger partial charge in [-0.2, -0.15) is 0 Å². The highest BCUT2D eigenvalue weighted by molar-refractivity contribution is 5.71. The molecule has 0 aromatic carbocycles. The van der Waals surface area contributed by atoms with Crippen LogP contribution in [0.25, 0.3) is 0 Å². The van der Waals surface area contributed by atoms with Crippen molar-refractivity contribution >= 4 is 17.9 Å². The molecule has 290 valence electrons. The summed E-state index contributed by atoms with van der Waals surface area (Å²) in [5, 5.41) is 0. The van der Waals surface area contributed by atoms with Gasteiger partial charge in [0.2, 0.25) is 0 Å². The van der Waals surface area contributed by atoms with Crippen LogP contribution in [0.2, 0.25) is 0 Å². The van der Waals surface area contributed by atoms with E-state index in [-0.39, 0.29) is 31.1 Å². The Hall–Kier alpha value is -1.59. The van der Waals surface area contributed by atoms with Crippen LogP contribution in [0.15, 0.2) is 0 Å². The van der Waals surface area contributed by atoms with Gasteiger partial charge < -0.3 is 14.2 Å². The monoisotopic (exact) mass is 695 g/mol. The molecule has 6 heteroatoms. The summed E-state index contributed by atoms with van der Waals surface area (Å²) in [6.45, 7) is 11.2. The Bertz CT molecular complexity index is 749. The summed E-state index contributed by atoms with van der Waals surface area (Å²) in [6.07, 6.45) is 32.6. The molecule has 0 N–H and O–H groups in total. The van der Waals surface area contributed by atoms with E-state index in [1.54, 1.807) is 0 Å². The highest BCUT2D eigenvalue weighted by Crippen LogP contribution is 2.16. The molecule has 0 aliphatic carbocycles. The molecule has 0 rings (SSSR count). The van der Waals surface area contributed by atoms with Crippen molar-refractivity contribution in [3.8, 4) is 0 Å². The largest absolute Gasteiger partial charge is 0.462 e. The van der Waals surface area contributed by atoms with Gasteiger partial charge in [0, 0.05) is 19.3 Å². The van der Waals surface area contributed by atoms with Crippen molar-refractivity contribution in [3.63, 3.8) is 0 Å². The van der Waals surface area contributed by atoms with E-state index in [1.165, 1.54) is 116 Å². The first-order valence-corrected chi connectivity index (χ1v) is 21.2. The minimum absolute atomic E-state index is 0.0666. The van der Waals surface area contributed by atoms with E-state index < -0.39 is 6.10 Å². The molecule has 0 saturated carbocycles. The number of carbonyl (C=O) groups excluding carboxylic acids is 3. The lowest BCUT2D eigenvalue weighted by atomic mass is 10.0. The first kappa shape index (κ1) is 47.4. The van der Waals surface area contributed by atoms with E-state index in [0.717, 1.165) is 69.6 Å². The second kappa shape index (κ2) is 36.2. The number of unbranched alkanes of at least 4 members (excludes halogenated alkanes) is 22. The second-order valence-corrected chi connectivity index (χ2v) is 15.6. The van der Waals surface area contributed by atoms with Crippen molar-refractivity contribution in [3.05, 3.63) is 0 Å². The Morgan fingerprint density at radius 1 is 0.388 bits per heavy atom. The molecular formula is C43H82O6. The lowest BCUT2D eigenvalue weighted by Gasteiger charge is -2.18. The van der Waals surface area contributed by atoms with Crippen molar-refractivity contribution in [1.29, 1.82) is 0 Å². The van der Waals surface area contributed by atoms with Crippen LogP contribution >= 0.6 is 0 Å². The summed E-state index contributed by atoms with van der Waals surface area (Å²) in [7, 11) is 0. The molecule has 0 fully saturated rings. The average Bonchev–Trinajstić information content (AvgIpc) is 3.06. The van der Waals surface area contributed by atoms with E-state index in [1.807, 2.05) is 0 Å². The second-order valence-electron chi connectivity index (χ2n) is 15.6. The summed E-state index contributed by atoms with van der Waals surface area (Å²) in [4.78, 5) is 37.4. The van der Waals surface area contributed by atoms with Gasteiger partial charge in [0.15, 0.2) is 6.10 Å². The molecule has 0 bridgehead atoms. The molecule has 0 aliphatic rings. The van der Waals surface area contributed by atoms with Crippen LogP contribution in [-0.4, -0.2) is 37.2 Å². The first-order valence-electron chi connectivity index (χ1n) is 21.2. The highest BCUT2D eigenvalue weighted by atomic mass is 16.6. The van der Waals surface area contributed by atoms with Gasteiger partial charge in [-0.05, 0) is 31.1 Å². The van der Waals surface area contributed by atoms with E-state index in [9.17, 15) is 14.4 Å². The predicted octanol–water partition coefficient (Wildman–Crippen LogP) is 13.0. The molecule has 1 atom stereocenters. The van der Waals surface area contributed by atoms with Crippen LogP contribution in [-0.2, 0) is 28.6 Å². The molecule has 0 heterocycles. The molecule has 49 heavy (non-hydrogen) atoms. The molecule has 0 radical (unpaired) electrons. The maximum Gasteiger partial charge on any atom is 0.306 e. The van der Waals surface area contributed by atoms with Gasteiger partial charge >= 0.3 is 17.9 Å². The fourth-order valence-corrected chi connectivity index (χ4v) is 6.22. The topological polar surface area (TPSA) is 78.9 Å². The molecule has 0 unspecified atom stereocenters. The minimum Gasteiger partial charge on any atom is -0.462 e. The third-order valence-corrected chi connectivity index (χ3v) is 9.47. The Kier molecular flexibility index (Phi) is 35.0. The van der Waals surface area contributed by atoms with Gasteiger partial charge in [0.1, 0.15) is 13.2 Å². The van der Waals surface area contributed by atoms with Crippen LogP contribution in [0.4, 0.5) is 0 Å². The van der Waals surface area contributed by atoms with Gasteiger partial charge in [-0.3, -0.25) is 14.4 Å². The normalized spacial score (nSPS) is 12.1. The maximum atomic E-state index is 12.6. The van der Waals surface area contributed by atoms with Crippen molar-refractivity contribution in [1.82, 2.24) is 0 Å². The highest BCUT2D eigenvalue weighted by Gasteiger charge is 2.19. The van der Waals surface area contributed by atoms with Gasteiger partial charge in [0.25, 0.3) is 0 Å². The summed E-state index contributed by atoms with van der Waals surface area (Å²) < 4.78 is 16.6. The molecule has 0 aromatic rings. The van der Waals surface area contributed by atoms with Crippen LogP contribution in [0.1, 0.15) is 227 Å². The molecule has 0 saturated heterocycles. The Balaban J connectivity index is 4.25. The summed E-state index contributed by atoms with van der Waals surface area (Å²) in [5.41, 5.74) is 0. The maximum absolute atomic E-state index is 12.6. The molecule has 6 nitrogen and oxygen atoms in total. The molecule has 0 spiro atoms. The molecule has 0 aromatic heterocycles. The summed E-state index contributed by atoms with van der Waals surface area (Å²) in [6, 6.07) is 0. The van der Waals surface area contributed by atoms with Crippen molar-refractivity contribution in [2.75, 3.05) is 13.2 Å². The zero-order valence-electron chi connectivity index (χ0n) is 33.3. The lowest BCUT2D eigenvalue weighted by Crippen LogP contribution is -2.30. The van der Waals surface area contributed by atoms with E-state index in [4.69, 9.17) is 14.2 Å². The third kappa shape index (κ3) is 37.5. The van der Waals surface area contributed by atoms with E-state index in [0.29, 0.717) is 19.3 Å². The average molecular weight is 695 g/mol. The number of hydrogen-bond donors (Lipinski definition) is 0. The van der Waals surface area contributed by atoms with Crippen LogP contribution in [0, 0.1) is 11.8 Å². The van der Waals surface area contributed by atoms with Crippen molar-refractivity contribution in [2.45, 2.75) is 233 Å². The Morgan fingerprint density at radius 2 is 0.673 bits per heavy atom. The third-order valence-electron chi connectivity index (χ3n) is 9.47. The standard InChI is InChI=1S/C43H82O6/c1-6-7-8-9-16-23-28-33-41(44)47-36-40(49-43(46)35-30-25-20-19-22-27-32-39(4)5)37-48-42(45)34-29-24-18-15-13-11-10-12-14-17-21-26-31-38(2)3/h38-40H,6-37H2,1-5H3/t40-/m1/s1. The SMILES string of the molecule is CCCCCCCCCC(=O)OC[C@H](COC(=O)CCCCCCCCCCCCCCC(C)C)OC(=O)CCCCCCCCC(C)C. The van der Waals surface area contributed by atoms with Gasteiger partial charge in [0.05, 0.1) is 0 Å². The number of carbonyl (C=O) groups is 3. The summed E-state index contributed by atoms with van der Waals surface area (Å²) >= 11 is 0. The van der Waals surface area contributed by atoms with Crippen LogP contribution < -0.4 is 0 Å². The van der Waals surface area contributed by atoms with Crippen molar-refractivity contribution < 1.29 is 28.6 Å². The summed E-state index contributed by atoms with van der Waals surface area (Å²) in [5.74, 6) is 0.720. The number of hydrogen-bond acceptors (Lipinski definition) is 6. The van der Waals surface area contributed by atoms with Gasteiger partial charge in [-0.25, -0.2) is 0 Å². The zero-order chi connectivity index (χ0) is 36.2.